The van der Waals surface area contributed by atoms with Crippen LogP contribution >= 0.6 is 0 Å². The Balaban J connectivity index is 1.70. The van der Waals surface area contributed by atoms with E-state index in [1.54, 1.807) is 24.3 Å². The Kier molecular flexibility index (Phi) is 10.2. The Morgan fingerprint density at radius 3 is 2.20 bits per heavy atom. The predicted octanol–water partition coefficient (Wildman–Crippen LogP) is 6.73. The first-order valence-corrected chi connectivity index (χ1v) is 14.8. The normalized spacial score (nSPS) is 14.6. The van der Waals surface area contributed by atoms with Gasteiger partial charge in [-0.3, -0.25) is 9.69 Å². The van der Waals surface area contributed by atoms with Crippen LogP contribution in [0.25, 0.3) is 22.9 Å². The molecule has 0 bridgehead atoms. The molecule has 0 aliphatic carbocycles. The van der Waals surface area contributed by atoms with Crippen molar-refractivity contribution in [3.8, 4) is 11.3 Å². The SMILES string of the molecule is CC(C)CCN(CCC(C)C)C(=O)c1ccn2nc(-c3ccc(C(=O)O)cc3)c(/C=C/CN3CCCCC3)c2c1. The number of carboxylic acid groups (broad SMARTS) is 1. The van der Waals surface area contributed by atoms with Crippen molar-refractivity contribution in [2.24, 2.45) is 11.8 Å². The summed E-state index contributed by atoms with van der Waals surface area (Å²) < 4.78 is 1.82. The number of hydrogen-bond donors (Lipinski definition) is 1. The monoisotopic (exact) mass is 544 g/mol. The number of amides is 1. The Morgan fingerprint density at radius 2 is 1.60 bits per heavy atom. The summed E-state index contributed by atoms with van der Waals surface area (Å²) in [4.78, 5) is 29.6. The van der Waals surface area contributed by atoms with E-state index in [4.69, 9.17) is 5.10 Å². The Hall–Kier alpha value is -3.45. The number of aromatic nitrogens is 2. The second-order valence-electron chi connectivity index (χ2n) is 11.8. The summed E-state index contributed by atoms with van der Waals surface area (Å²) in [5, 5.41) is 14.2. The van der Waals surface area contributed by atoms with E-state index in [1.165, 1.54) is 19.3 Å². The lowest BCUT2D eigenvalue weighted by Gasteiger charge is -2.25. The first-order valence-electron chi connectivity index (χ1n) is 14.8. The Bertz CT molecular complexity index is 1310. The van der Waals surface area contributed by atoms with Gasteiger partial charge in [0, 0.05) is 42.5 Å². The summed E-state index contributed by atoms with van der Waals surface area (Å²) in [5.74, 6) is 0.156. The largest absolute Gasteiger partial charge is 0.478 e. The van der Waals surface area contributed by atoms with Gasteiger partial charge >= 0.3 is 5.97 Å². The van der Waals surface area contributed by atoms with Crippen LogP contribution in [0, 0.1) is 11.8 Å². The van der Waals surface area contributed by atoms with Crippen LogP contribution in [0.15, 0.2) is 48.7 Å². The highest BCUT2D eigenvalue weighted by Gasteiger charge is 2.20. The molecule has 0 unspecified atom stereocenters. The number of carbonyl (C=O) groups excluding carboxylic acids is 1. The van der Waals surface area contributed by atoms with Gasteiger partial charge in [-0.1, -0.05) is 58.4 Å². The number of fused-ring (bicyclic) bond motifs is 1. The zero-order valence-electron chi connectivity index (χ0n) is 24.5. The predicted molar refractivity (Wildman–Crippen MR) is 162 cm³/mol. The molecule has 7 heteroatoms. The molecule has 1 aromatic carbocycles. The molecule has 0 radical (unpaired) electrons. The Labute approximate surface area is 238 Å². The Morgan fingerprint density at radius 1 is 0.950 bits per heavy atom. The van der Waals surface area contributed by atoms with Crippen LogP contribution in [-0.4, -0.2) is 69.1 Å². The summed E-state index contributed by atoms with van der Waals surface area (Å²) in [6.07, 6.45) is 11.9. The van der Waals surface area contributed by atoms with Gasteiger partial charge in [-0.05, 0) is 74.9 Å². The van der Waals surface area contributed by atoms with Gasteiger partial charge in [0.05, 0.1) is 11.1 Å². The molecular weight excluding hydrogens is 500 g/mol. The quantitative estimate of drug-likeness (QED) is 0.273. The number of carbonyl (C=O) groups is 2. The zero-order valence-corrected chi connectivity index (χ0v) is 24.5. The molecule has 1 fully saturated rings. The number of nitrogens with zero attached hydrogens (tertiary/aromatic N) is 4. The first kappa shape index (κ1) is 29.5. The third-order valence-electron chi connectivity index (χ3n) is 7.66. The molecule has 1 aliphatic rings. The van der Waals surface area contributed by atoms with Crippen LogP contribution < -0.4 is 0 Å². The molecule has 1 N–H and O–H groups in total. The van der Waals surface area contributed by atoms with Crippen molar-refractivity contribution in [1.82, 2.24) is 19.4 Å². The number of carboxylic acids is 1. The van der Waals surface area contributed by atoms with Crippen molar-refractivity contribution < 1.29 is 14.7 Å². The van der Waals surface area contributed by atoms with Crippen LogP contribution in [0.5, 0.6) is 0 Å². The number of pyridine rings is 1. The van der Waals surface area contributed by atoms with Crippen LogP contribution in [-0.2, 0) is 0 Å². The fourth-order valence-electron chi connectivity index (χ4n) is 5.13. The molecule has 1 aliphatic heterocycles. The molecule has 4 rings (SSSR count). The van der Waals surface area contributed by atoms with Gasteiger partial charge in [0.2, 0.25) is 0 Å². The molecule has 214 valence electrons. The molecule has 7 nitrogen and oxygen atoms in total. The lowest BCUT2D eigenvalue weighted by Crippen LogP contribution is -2.34. The maximum absolute atomic E-state index is 13.7. The highest BCUT2D eigenvalue weighted by atomic mass is 16.4. The van der Waals surface area contributed by atoms with Gasteiger partial charge in [-0.2, -0.15) is 5.10 Å². The maximum atomic E-state index is 13.7. The van der Waals surface area contributed by atoms with Gasteiger partial charge in [0.1, 0.15) is 5.69 Å². The number of likely N-dealkylation sites (tertiary alicyclic amines) is 1. The molecule has 1 saturated heterocycles. The molecule has 2 aromatic heterocycles. The van der Waals surface area contributed by atoms with Gasteiger partial charge in [0.25, 0.3) is 5.91 Å². The fourth-order valence-corrected chi connectivity index (χ4v) is 5.13. The van der Waals surface area contributed by atoms with E-state index in [0.717, 1.165) is 67.9 Å². The smallest absolute Gasteiger partial charge is 0.335 e. The summed E-state index contributed by atoms with van der Waals surface area (Å²) in [5.41, 5.74) is 4.32. The second-order valence-corrected chi connectivity index (χ2v) is 11.8. The maximum Gasteiger partial charge on any atom is 0.335 e. The molecular formula is C33H44N4O3. The minimum absolute atomic E-state index is 0.0561. The summed E-state index contributed by atoms with van der Waals surface area (Å²) >= 11 is 0. The van der Waals surface area contributed by atoms with Crippen molar-refractivity contribution in [3.63, 3.8) is 0 Å². The average Bonchev–Trinajstić information content (AvgIpc) is 3.31. The van der Waals surface area contributed by atoms with Crippen molar-refractivity contribution in [3.05, 3.63) is 65.4 Å². The molecule has 40 heavy (non-hydrogen) atoms. The third kappa shape index (κ3) is 7.60. The summed E-state index contributed by atoms with van der Waals surface area (Å²) in [6.45, 7) is 13.4. The van der Waals surface area contributed by atoms with Gasteiger partial charge in [-0.25, -0.2) is 9.31 Å². The molecule has 0 spiro atoms. The number of hydrogen-bond acceptors (Lipinski definition) is 4. The molecule has 0 saturated carbocycles. The third-order valence-corrected chi connectivity index (χ3v) is 7.66. The second kappa shape index (κ2) is 13.8. The van der Waals surface area contributed by atoms with E-state index in [2.05, 4.69) is 44.7 Å². The van der Waals surface area contributed by atoms with Crippen LogP contribution in [0.1, 0.15) is 86.1 Å². The molecule has 0 atom stereocenters. The highest BCUT2D eigenvalue weighted by molar-refractivity contribution is 5.96. The number of rotatable bonds is 12. The van der Waals surface area contributed by atoms with Crippen molar-refractivity contribution >= 4 is 23.5 Å². The van der Waals surface area contributed by atoms with Gasteiger partial charge in [0.15, 0.2) is 0 Å². The fraction of sp³-hybridized carbons (Fsp3) is 0.485. The average molecular weight is 545 g/mol. The first-order chi connectivity index (χ1) is 19.2. The summed E-state index contributed by atoms with van der Waals surface area (Å²) in [7, 11) is 0. The molecule has 1 amide bonds. The van der Waals surface area contributed by atoms with E-state index >= 15 is 0 Å². The van der Waals surface area contributed by atoms with E-state index in [9.17, 15) is 14.7 Å². The zero-order chi connectivity index (χ0) is 28.6. The minimum Gasteiger partial charge on any atom is -0.478 e. The van der Waals surface area contributed by atoms with Gasteiger partial charge in [-0.15, -0.1) is 0 Å². The van der Waals surface area contributed by atoms with Crippen molar-refractivity contribution in [1.29, 1.82) is 0 Å². The van der Waals surface area contributed by atoms with Crippen LogP contribution in [0.3, 0.4) is 0 Å². The number of benzene rings is 1. The van der Waals surface area contributed by atoms with Crippen LogP contribution in [0.2, 0.25) is 0 Å². The van der Waals surface area contributed by atoms with Crippen LogP contribution in [0.4, 0.5) is 0 Å². The lowest BCUT2D eigenvalue weighted by molar-refractivity contribution is 0.0695. The van der Waals surface area contributed by atoms with E-state index in [1.807, 2.05) is 27.7 Å². The van der Waals surface area contributed by atoms with E-state index < -0.39 is 5.97 Å². The van der Waals surface area contributed by atoms with Gasteiger partial charge < -0.3 is 10.0 Å². The molecule has 3 heterocycles. The van der Waals surface area contributed by atoms with E-state index in [-0.39, 0.29) is 11.5 Å². The summed E-state index contributed by atoms with van der Waals surface area (Å²) in [6, 6.07) is 10.7. The van der Waals surface area contributed by atoms with E-state index in [0.29, 0.717) is 17.4 Å². The lowest BCUT2D eigenvalue weighted by atomic mass is 10.0. The van der Waals surface area contributed by atoms with Crippen molar-refractivity contribution in [2.75, 3.05) is 32.7 Å². The minimum atomic E-state index is -0.953. The number of piperidine rings is 1. The van der Waals surface area contributed by atoms with Crippen molar-refractivity contribution in [2.45, 2.75) is 59.8 Å². The number of aromatic carboxylic acids is 1. The molecule has 3 aromatic rings. The highest BCUT2D eigenvalue weighted by Crippen LogP contribution is 2.29. The standard InChI is InChI=1S/C33H44N4O3/c1-24(2)14-20-36(21-15-25(3)4)32(38)28-16-22-37-30(23-28)29(9-8-19-35-17-6-5-7-18-35)31(34-37)26-10-12-27(13-11-26)33(39)40/h8-13,16,22-25H,5-7,14-15,17-21H2,1-4H3,(H,39,40)/b9-8+. The topological polar surface area (TPSA) is 78.1 Å².